The van der Waals surface area contributed by atoms with E-state index < -0.39 is 0 Å². The Morgan fingerprint density at radius 1 is 1.25 bits per heavy atom. The highest BCUT2D eigenvalue weighted by Crippen LogP contribution is 2.55. The molecule has 4 heteroatoms. The Morgan fingerprint density at radius 3 is 2.60 bits per heavy atom. The molecule has 3 rings (SSSR count). The molecule has 0 saturated heterocycles. The zero-order chi connectivity index (χ0) is 14.4. The minimum absolute atomic E-state index is 0.110. The van der Waals surface area contributed by atoms with Gasteiger partial charge in [0.1, 0.15) is 17.2 Å². The van der Waals surface area contributed by atoms with Gasteiger partial charge in [0.15, 0.2) is 11.9 Å². The molecule has 0 radical (unpaired) electrons. The van der Waals surface area contributed by atoms with E-state index in [1.165, 1.54) is 0 Å². The molecule has 0 aromatic heterocycles. The molecule has 1 aromatic rings. The summed E-state index contributed by atoms with van der Waals surface area (Å²) < 4.78 is 16.7. The Bertz CT molecular complexity index is 550. The van der Waals surface area contributed by atoms with Crippen LogP contribution in [0.4, 0.5) is 0 Å². The first-order chi connectivity index (χ1) is 9.56. The minimum atomic E-state index is -0.349. The molecular formula is C16H20O4. The van der Waals surface area contributed by atoms with Crippen molar-refractivity contribution in [3.8, 4) is 17.2 Å². The van der Waals surface area contributed by atoms with Crippen molar-refractivity contribution in [2.45, 2.75) is 32.3 Å². The molecule has 20 heavy (non-hydrogen) atoms. The van der Waals surface area contributed by atoms with Gasteiger partial charge in [-0.05, 0) is 11.8 Å². The SMILES string of the molecule is COc1cc(OC)c2c(c1)O[C@H]1C(=O)C[C@H](C(C)C)[C@@H]21. The van der Waals surface area contributed by atoms with Crippen molar-refractivity contribution in [3.05, 3.63) is 17.7 Å². The van der Waals surface area contributed by atoms with Crippen LogP contribution in [-0.4, -0.2) is 26.1 Å². The molecule has 1 fully saturated rings. The fraction of sp³-hybridized carbons (Fsp3) is 0.562. The highest BCUT2D eigenvalue weighted by Gasteiger charge is 2.52. The summed E-state index contributed by atoms with van der Waals surface area (Å²) in [5.41, 5.74) is 1.03. The first-order valence-corrected chi connectivity index (χ1v) is 7.02. The van der Waals surface area contributed by atoms with Crippen LogP contribution >= 0.6 is 0 Å². The van der Waals surface area contributed by atoms with Gasteiger partial charge in [-0.1, -0.05) is 13.8 Å². The second kappa shape index (κ2) is 4.69. The smallest absolute Gasteiger partial charge is 0.174 e. The molecule has 0 N–H and O–H groups in total. The van der Waals surface area contributed by atoms with Crippen molar-refractivity contribution in [1.82, 2.24) is 0 Å². The van der Waals surface area contributed by atoms with E-state index in [4.69, 9.17) is 14.2 Å². The van der Waals surface area contributed by atoms with Crippen molar-refractivity contribution in [2.24, 2.45) is 11.8 Å². The van der Waals surface area contributed by atoms with Gasteiger partial charge in [-0.2, -0.15) is 0 Å². The molecule has 4 nitrogen and oxygen atoms in total. The number of fused-ring (bicyclic) bond motifs is 3. The molecule has 1 aliphatic carbocycles. The fourth-order valence-electron chi connectivity index (χ4n) is 3.48. The van der Waals surface area contributed by atoms with Gasteiger partial charge >= 0.3 is 0 Å². The van der Waals surface area contributed by atoms with Gasteiger partial charge in [0, 0.05) is 30.0 Å². The average Bonchev–Trinajstić information content (AvgIpc) is 2.95. The highest BCUT2D eigenvalue weighted by atomic mass is 16.5. The van der Waals surface area contributed by atoms with E-state index in [0.29, 0.717) is 24.0 Å². The van der Waals surface area contributed by atoms with Crippen molar-refractivity contribution in [3.63, 3.8) is 0 Å². The first kappa shape index (κ1) is 13.3. The van der Waals surface area contributed by atoms with Gasteiger partial charge in [0.05, 0.1) is 14.2 Å². The number of ketones is 1. The van der Waals surface area contributed by atoms with Gasteiger partial charge < -0.3 is 14.2 Å². The molecule has 2 aliphatic rings. The Kier molecular flexibility index (Phi) is 3.11. The molecule has 0 bridgehead atoms. The predicted octanol–water partition coefficient (Wildman–Crippen LogP) is 2.79. The Labute approximate surface area is 119 Å². The van der Waals surface area contributed by atoms with E-state index in [1.54, 1.807) is 14.2 Å². The van der Waals surface area contributed by atoms with E-state index in [-0.39, 0.29) is 17.8 Å². The first-order valence-electron chi connectivity index (χ1n) is 7.02. The van der Waals surface area contributed by atoms with Gasteiger partial charge in [0.2, 0.25) is 0 Å². The quantitative estimate of drug-likeness (QED) is 0.851. The minimum Gasteiger partial charge on any atom is -0.496 e. The molecule has 3 atom stereocenters. The molecule has 0 spiro atoms. The summed E-state index contributed by atoms with van der Waals surface area (Å²) in [5, 5.41) is 0. The number of ether oxygens (including phenoxy) is 3. The van der Waals surface area contributed by atoms with Crippen LogP contribution in [0.5, 0.6) is 17.2 Å². The molecule has 1 heterocycles. The summed E-state index contributed by atoms with van der Waals surface area (Å²) in [6, 6.07) is 3.71. The van der Waals surface area contributed by atoms with Gasteiger partial charge in [-0.3, -0.25) is 4.79 Å². The number of carbonyl (C=O) groups excluding carboxylic acids is 1. The second-order valence-corrected chi connectivity index (χ2v) is 5.88. The predicted molar refractivity (Wildman–Crippen MR) is 74.7 cm³/mol. The zero-order valence-corrected chi connectivity index (χ0v) is 12.3. The lowest BCUT2D eigenvalue weighted by molar-refractivity contribution is -0.123. The van der Waals surface area contributed by atoms with Crippen molar-refractivity contribution < 1.29 is 19.0 Å². The van der Waals surface area contributed by atoms with Crippen LogP contribution in [0, 0.1) is 11.8 Å². The number of methoxy groups -OCH3 is 2. The van der Waals surface area contributed by atoms with Crippen LogP contribution in [0.3, 0.4) is 0 Å². The number of Topliss-reactive ketones (excluding diaryl/α,β-unsaturated/α-hetero) is 1. The number of hydrogen-bond donors (Lipinski definition) is 0. The van der Waals surface area contributed by atoms with Crippen molar-refractivity contribution in [1.29, 1.82) is 0 Å². The third-order valence-electron chi connectivity index (χ3n) is 4.52. The van der Waals surface area contributed by atoms with Crippen LogP contribution in [0.1, 0.15) is 31.7 Å². The van der Waals surface area contributed by atoms with Crippen LogP contribution in [0.25, 0.3) is 0 Å². The topological polar surface area (TPSA) is 44.8 Å². The maximum absolute atomic E-state index is 12.2. The molecule has 0 unspecified atom stereocenters. The van der Waals surface area contributed by atoms with E-state index in [9.17, 15) is 4.79 Å². The van der Waals surface area contributed by atoms with Crippen LogP contribution in [-0.2, 0) is 4.79 Å². The number of benzene rings is 1. The highest BCUT2D eigenvalue weighted by molar-refractivity contribution is 5.89. The Balaban J connectivity index is 2.11. The fourth-order valence-corrected chi connectivity index (χ4v) is 3.48. The lowest BCUT2D eigenvalue weighted by atomic mass is 9.81. The third kappa shape index (κ3) is 1.78. The van der Waals surface area contributed by atoms with Crippen molar-refractivity contribution in [2.75, 3.05) is 14.2 Å². The van der Waals surface area contributed by atoms with Crippen molar-refractivity contribution >= 4 is 5.78 Å². The van der Waals surface area contributed by atoms with Crippen LogP contribution in [0.2, 0.25) is 0 Å². The molecular weight excluding hydrogens is 256 g/mol. The van der Waals surface area contributed by atoms with E-state index >= 15 is 0 Å². The Morgan fingerprint density at radius 2 is 2.00 bits per heavy atom. The van der Waals surface area contributed by atoms with Crippen LogP contribution < -0.4 is 14.2 Å². The molecule has 1 aromatic carbocycles. The largest absolute Gasteiger partial charge is 0.496 e. The maximum Gasteiger partial charge on any atom is 0.174 e. The Hall–Kier alpha value is -1.71. The second-order valence-electron chi connectivity index (χ2n) is 5.88. The summed E-state index contributed by atoms with van der Waals surface area (Å²) in [5.74, 6) is 3.24. The molecule has 1 aliphatic heterocycles. The lowest BCUT2D eigenvalue weighted by Gasteiger charge is -2.22. The summed E-state index contributed by atoms with van der Waals surface area (Å²) >= 11 is 0. The lowest BCUT2D eigenvalue weighted by Crippen LogP contribution is -2.23. The zero-order valence-electron chi connectivity index (χ0n) is 12.3. The number of rotatable bonds is 3. The van der Waals surface area contributed by atoms with Gasteiger partial charge in [0.25, 0.3) is 0 Å². The number of carbonyl (C=O) groups is 1. The molecule has 108 valence electrons. The van der Waals surface area contributed by atoms with E-state index in [1.807, 2.05) is 12.1 Å². The summed E-state index contributed by atoms with van der Waals surface area (Å²) in [7, 11) is 3.25. The monoisotopic (exact) mass is 276 g/mol. The normalized spacial score (nSPS) is 27.2. The summed E-state index contributed by atoms with van der Waals surface area (Å²) in [4.78, 5) is 12.2. The summed E-state index contributed by atoms with van der Waals surface area (Å²) in [6.45, 7) is 4.32. The van der Waals surface area contributed by atoms with E-state index in [2.05, 4.69) is 13.8 Å². The standard InChI is InChI=1S/C16H20O4/c1-8(2)10-7-11(17)16-14(10)15-12(19-4)5-9(18-3)6-13(15)20-16/h5-6,8,10,14,16H,7H2,1-4H3/t10-,14+,16+/m1/s1. The third-order valence-corrected chi connectivity index (χ3v) is 4.52. The maximum atomic E-state index is 12.2. The number of hydrogen-bond acceptors (Lipinski definition) is 4. The molecule has 1 saturated carbocycles. The van der Waals surface area contributed by atoms with E-state index in [0.717, 1.165) is 17.1 Å². The molecule has 0 amide bonds. The van der Waals surface area contributed by atoms with Crippen LogP contribution in [0.15, 0.2) is 12.1 Å². The van der Waals surface area contributed by atoms with Gasteiger partial charge in [-0.15, -0.1) is 0 Å². The van der Waals surface area contributed by atoms with Gasteiger partial charge in [-0.25, -0.2) is 0 Å². The summed E-state index contributed by atoms with van der Waals surface area (Å²) in [6.07, 6.45) is 0.250. The average molecular weight is 276 g/mol.